The molecule has 0 aromatic heterocycles. The van der Waals surface area contributed by atoms with Gasteiger partial charge in [-0.3, -0.25) is 0 Å². The second kappa shape index (κ2) is 2.22. The second-order valence-corrected chi connectivity index (χ2v) is 2.10. The number of hydrogen-bond acceptors (Lipinski definition) is 0. The van der Waals surface area contributed by atoms with Crippen LogP contribution in [-0.4, -0.2) is 0 Å². The zero-order valence-electron chi connectivity index (χ0n) is 4.73. The van der Waals surface area contributed by atoms with E-state index in [-0.39, 0.29) is 0 Å². The summed E-state index contributed by atoms with van der Waals surface area (Å²) in [6, 6.07) is 0. The van der Waals surface area contributed by atoms with Gasteiger partial charge in [0, 0.05) is 0 Å². The summed E-state index contributed by atoms with van der Waals surface area (Å²) in [5, 5.41) is 0. The Labute approximate surface area is 40.6 Å². The van der Waals surface area contributed by atoms with Crippen molar-refractivity contribution in [2.75, 3.05) is 0 Å². The first-order valence-electron chi connectivity index (χ1n) is 2.40. The Bertz CT molecular complexity index is 21.0. The van der Waals surface area contributed by atoms with E-state index in [1.54, 1.807) is 0 Å². The van der Waals surface area contributed by atoms with Gasteiger partial charge < -0.3 is 0 Å². The monoisotopic (exact) mass is 84.1 g/mol. The first kappa shape index (κ1) is 6.00. The molecule has 0 bridgehead atoms. The van der Waals surface area contributed by atoms with Crippen LogP contribution in [-0.2, 0) is 0 Å². The summed E-state index contributed by atoms with van der Waals surface area (Å²) in [6.07, 6.45) is 0. The summed E-state index contributed by atoms with van der Waals surface area (Å²) in [5.41, 5.74) is 0. The van der Waals surface area contributed by atoms with Crippen molar-refractivity contribution in [2.45, 2.75) is 20.8 Å². The Morgan fingerprint density at radius 3 is 1.33 bits per heavy atom. The van der Waals surface area contributed by atoms with E-state index in [4.69, 9.17) is 6.92 Å². The molecule has 1 atom stereocenters. The molecule has 0 aromatic carbocycles. The fourth-order valence-corrected chi connectivity index (χ4v) is 0. The van der Waals surface area contributed by atoms with Gasteiger partial charge in [0.25, 0.3) is 0 Å². The summed E-state index contributed by atoms with van der Waals surface area (Å²) < 4.78 is 0. The van der Waals surface area contributed by atoms with Gasteiger partial charge in [0.1, 0.15) is 0 Å². The summed E-state index contributed by atoms with van der Waals surface area (Å²) in [4.78, 5) is 0. The first-order valence-corrected chi connectivity index (χ1v) is 2.40. The van der Waals surface area contributed by atoms with Crippen LogP contribution in [0.4, 0.5) is 0 Å². The van der Waals surface area contributed by atoms with Crippen LogP contribution in [0.3, 0.4) is 0 Å². The average molecular weight is 84.2 g/mol. The smallest absolute Gasteiger partial charge is 0.0318 e. The molecule has 0 saturated carbocycles. The molecule has 0 spiro atoms. The van der Waals surface area contributed by atoms with E-state index in [0.29, 0.717) is 11.8 Å². The third-order valence-corrected chi connectivity index (χ3v) is 1.05. The van der Waals surface area contributed by atoms with E-state index in [2.05, 4.69) is 13.8 Å². The van der Waals surface area contributed by atoms with Gasteiger partial charge in [-0.1, -0.05) is 20.8 Å². The third kappa shape index (κ3) is 2.25. The molecule has 0 heteroatoms. The maximum absolute atomic E-state index is 5.44. The van der Waals surface area contributed by atoms with Crippen LogP contribution in [0.5, 0.6) is 0 Å². The lowest BCUT2D eigenvalue weighted by Crippen LogP contribution is -1.96. The van der Waals surface area contributed by atoms with Crippen molar-refractivity contribution in [1.29, 1.82) is 0 Å². The van der Waals surface area contributed by atoms with Gasteiger partial charge in [0.2, 0.25) is 0 Å². The van der Waals surface area contributed by atoms with E-state index < -0.39 is 0 Å². The molecule has 0 nitrogen and oxygen atoms in total. The van der Waals surface area contributed by atoms with Gasteiger partial charge in [0.15, 0.2) is 0 Å². The highest BCUT2D eigenvalue weighted by Gasteiger charge is 1.96. The molecule has 0 aliphatic rings. The third-order valence-electron chi connectivity index (χ3n) is 1.05. The molecular weight excluding hydrogens is 72.1 g/mol. The van der Waals surface area contributed by atoms with Gasteiger partial charge in [-0.05, 0) is 18.8 Å². The Morgan fingerprint density at radius 1 is 1.17 bits per heavy atom. The lowest BCUT2D eigenvalue weighted by atomic mass is 10.0. The van der Waals surface area contributed by atoms with Crippen molar-refractivity contribution in [1.82, 2.24) is 0 Å². The van der Waals surface area contributed by atoms with Gasteiger partial charge in [0.05, 0.1) is 0 Å². The fourth-order valence-electron chi connectivity index (χ4n) is 0. The topological polar surface area (TPSA) is 0 Å². The maximum Gasteiger partial charge on any atom is -0.0318 e. The minimum Gasteiger partial charge on any atom is -0.0625 e. The molecule has 0 aromatic rings. The molecule has 0 fully saturated rings. The second-order valence-electron chi connectivity index (χ2n) is 2.10. The molecule has 2 radical (unpaired) electrons. The maximum atomic E-state index is 5.44. The van der Waals surface area contributed by atoms with Gasteiger partial charge in [-0.15, -0.1) is 0 Å². The molecule has 0 aliphatic carbocycles. The largest absolute Gasteiger partial charge is 0.0625 e. The molecule has 0 amide bonds. The first-order chi connectivity index (χ1) is 2.64. The van der Waals surface area contributed by atoms with Crippen LogP contribution < -0.4 is 0 Å². The molecular formula is C6H12. The normalized spacial score (nSPS) is 11.0. The summed E-state index contributed by atoms with van der Waals surface area (Å²) in [6.45, 7) is 11.7. The standard InChI is InChI=1S/C6H12/c1-5(2)6(3)4/h1,5-6H,2-4H3. The minimum atomic E-state index is 0.352. The van der Waals surface area contributed by atoms with E-state index in [1.165, 1.54) is 0 Å². The molecule has 1 unspecified atom stereocenters. The average Bonchev–Trinajstić information content (AvgIpc) is 1.36. The molecule has 0 saturated heterocycles. The quantitative estimate of drug-likeness (QED) is 0.455. The predicted octanol–water partition coefficient (Wildman–Crippen LogP) is 1.99. The van der Waals surface area contributed by atoms with Crippen molar-refractivity contribution in [2.24, 2.45) is 11.8 Å². The molecule has 36 valence electrons. The summed E-state index contributed by atoms with van der Waals surface area (Å²) in [5.74, 6) is 0.981. The van der Waals surface area contributed by atoms with Crippen LogP contribution in [0.2, 0.25) is 0 Å². The zero-order chi connectivity index (χ0) is 5.15. The van der Waals surface area contributed by atoms with Crippen molar-refractivity contribution in [3.8, 4) is 0 Å². The van der Waals surface area contributed by atoms with Gasteiger partial charge >= 0.3 is 0 Å². The summed E-state index contributed by atoms with van der Waals surface area (Å²) in [7, 11) is 0. The van der Waals surface area contributed by atoms with Crippen LogP contribution >= 0.6 is 0 Å². The minimum absolute atomic E-state index is 0.352. The van der Waals surface area contributed by atoms with E-state index in [9.17, 15) is 0 Å². The van der Waals surface area contributed by atoms with Gasteiger partial charge in [-0.25, -0.2) is 0 Å². The van der Waals surface area contributed by atoms with Crippen LogP contribution in [0.25, 0.3) is 0 Å². The number of rotatable bonds is 1. The van der Waals surface area contributed by atoms with Crippen LogP contribution in [0.1, 0.15) is 20.8 Å². The highest BCUT2D eigenvalue weighted by Crippen LogP contribution is 2.05. The lowest BCUT2D eigenvalue weighted by Gasteiger charge is -2.04. The molecule has 0 rings (SSSR count). The number of hydrogen-bond donors (Lipinski definition) is 0. The van der Waals surface area contributed by atoms with Crippen molar-refractivity contribution >= 4 is 0 Å². The van der Waals surface area contributed by atoms with Crippen molar-refractivity contribution in [3.63, 3.8) is 0 Å². The van der Waals surface area contributed by atoms with Crippen molar-refractivity contribution in [3.05, 3.63) is 6.92 Å². The SMILES string of the molecule is [CH]C(C)C(C)C. The Morgan fingerprint density at radius 2 is 1.33 bits per heavy atom. The predicted molar refractivity (Wildman–Crippen MR) is 28.3 cm³/mol. The summed E-state index contributed by atoms with van der Waals surface area (Å²) >= 11 is 0. The Hall–Kier alpha value is 0. The highest BCUT2D eigenvalue weighted by atomic mass is 14.0. The zero-order valence-corrected chi connectivity index (χ0v) is 4.73. The molecule has 6 heavy (non-hydrogen) atoms. The fraction of sp³-hybridized carbons (Fsp3) is 0.833. The van der Waals surface area contributed by atoms with Crippen molar-refractivity contribution < 1.29 is 0 Å². The Kier molecular flexibility index (Phi) is 2.22. The molecule has 0 N–H and O–H groups in total. The lowest BCUT2D eigenvalue weighted by molar-refractivity contribution is 0.501. The van der Waals surface area contributed by atoms with Crippen LogP contribution in [0, 0.1) is 18.8 Å². The van der Waals surface area contributed by atoms with E-state index in [1.807, 2.05) is 6.92 Å². The molecule has 0 aliphatic heterocycles. The molecule has 0 heterocycles. The van der Waals surface area contributed by atoms with Crippen LogP contribution in [0.15, 0.2) is 0 Å². The van der Waals surface area contributed by atoms with Gasteiger partial charge in [-0.2, -0.15) is 0 Å². The Balaban J connectivity index is 2.99. The van der Waals surface area contributed by atoms with E-state index in [0.717, 1.165) is 0 Å². The highest BCUT2D eigenvalue weighted by molar-refractivity contribution is 4.56. The van der Waals surface area contributed by atoms with E-state index >= 15 is 0 Å².